The highest BCUT2D eigenvalue weighted by Crippen LogP contribution is 2.45. The molecule has 0 spiro atoms. The smallest absolute Gasteiger partial charge is 0.119 e. The fraction of sp³-hybridized carbons (Fsp3) is 0.381. The molecule has 2 aromatic carbocycles. The van der Waals surface area contributed by atoms with Crippen molar-refractivity contribution in [3.8, 4) is 11.8 Å². The summed E-state index contributed by atoms with van der Waals surface area (Å²) < 4.78 is 11.7. The highest BCUT2D eigenvalue weighted by molar-refractivity contribution is 5.85. The first-order valence-electron chi connectivity index (χ1n) is 8.56. The molecule has 26 heavy (non-hydrogen) atoms. The predicted octanol–water partition coefficient (Wildman–Crippen LogP) is 4.10. The predicted molar refractivity (Wildman–Crippen MR) is 105 cm³/mol. The molecular formula is C21H25ClN2O2. The van der Waals surface area contributed by atoms with Gasteiger partial charge in [0.2, 0.25) is 0 Å². The number of hydrogen-bond acceptors (Lipinski definition) is 4. The SMILES string of the molecule is COc1ccc(C2(CCCN(C)C)OCc3cc(C#N)ccc32)cc1.Cl. The summed E-state index contributed by atoms with van der Waals surface area (Å²) in [6.07, 6.45) is 1.93. The van der Waals surface area contributed by atoms with Crippen LogP contribution in [0.5, 0.6) is 5.75 Å². The second-order valence-corrected chi connectivity index (χ2v) is 6.73. The van der Waals surface area contributed by atoms with Gasteiger partial charge in [-0.15, -0.1) is 12.4 Å². The van der Waals surface area contributed by atoms with Crippen LogP contribution in [0, 0.1) is 11.3 Å². The summed E-state index contributed by atoms with van der Waals surface area (Å²) >= 11 is 0. The van der Waals surface area contributed by atoms with Crippen LogP contribution in [0.2, 0.25) is 0 Å². The van der Waals surface area contributed by atoms with Gasteiger partial charge in [0, 0.05) is 0 Å². The van der Waals surface area contributed by atoms with Crippen molar-refractivity contribution in [1.29, 1.82) is 5.26 Å². The molecule has 0 saturated heterocycles. The maximum Gasteiger partial charge on any atom is 0.119 e. The van der Waals surface area contributed by atoms with Crippen molar-refractivity contribution in [2.24, 2.45) is 0 Å². The number of nitriles is 1. The topological polar surface area (TPSA) is 45.5 Å². The Morgan fingerprint density at radius 3 is 2.54 bits per heavy atom. The van der Waals surface area contributed by atoms with E-state index in [2.05, 4.69) is 43.3 Å². The lowest BCUT2D eigenvalue weighted by atomic mass is 9.81. The molecule has 0 saturated carbocycles. The zero-order chi connectivity index (χ0) is 17.9. The van der Waals surface area contributed by atoms with Gasteiger partial charge in [-0.05, 0) is 74.4 Å². The van der Waals surface area contributed by atoms with Crippen LogP contribution in [0.25, 0.3) is 0 Å². The molecule has 2 aromatic rings. The highest BCUT2D eigenvalue weighted by Gasteiger charge is 2.41. The monoisotopic (exact) mass is 372 g/mol. The van der Waals surface area contributed by atoms with Crippen LogP contribution in [0.4, 0.5) is 0 Å². The fourth-order valence-electron chi connectivity index (χ4n) is 3.55. The largest absolute Gasteiger partial charge is 0.497 e. The Balaban J connectivity index is 0.00000243. The number of methoxy groups -OCH3 is 1. The second kappa shape index (κ2) is 8.55. The molecule has 138 valence electrons. The number of rotatable bonds is 6. The maximum absolute atomic E-state index is 9.17. The average Bonchev–Trinajstić information content (AvgIpc) is 3.00. The lowest BCUT2D eigenvalue weighted by Gasteiger charge is -2.31. The van der Waals surface area contributed by atoms with Crippen LogP contribution in [-0.4, -0.2) is 32.6 Å². The van der Waals surface area contributed by atoms with Gasteiger partial charge >= 0.3 is 0 Å². The van der Waals surface area contributed by atoms with Crippen molar-refractivity contribution < 1.29 is 9.47 Å². The van der Waals surface area contributed by atoms with E-state index < -0.39 is 5.60 Å². The first-order chi connectivity index (χ1) is 12.1. The Hall–Kier alpha value is -2.06. The minimum Gasteiger partial charge on any atom is -0.497 e. The first kappa shape index (κ1) is 20.3. The summed E-state index contributed by atoms with van der Waals surface area (Å²) in [5.74, 6) is 0.838. The van der Waals surface area contributed by atoms with Gasteiger partial charge in [-0.2, -0.15) is 5.26 Å². The van der Waals surface area contributed by atoms with Crippen LogP contribution in [0.15, 0.2) is 42.5 Å². The molecule has 0 fully saturated rings. The summed E-state index contributed by atoms with van der Waals surface area (Å²) in [5.41, 5.74) is 3.65. The zero-order valence-corrected chi connectivity index (χ0v) is 16.3. The molecule has 1 aliphatic rings. The van der Waals surface area contributed by atoms with Crippen molar-refractivity contribution >= 4 is 12.4 Å². The summed E-state index contributed by atoms with van der Waals surface area (Å²) in [7, 11) is 5.85. The van der Waals surface area contributed by atoms with Gasteiger partial charge in [0.15, 0.2) is 0 Å². The molecule has 4 nitrogen and oxygen atoms in total. The molecule has 1 heterocycles. The van der Waals surface area contributed by atoms with E-state index in [4.69, 9.17) is 14.7 Å². The Morgan fingerprint density at radius 2 is 1.92 bits per heavy atom. The number of hydrogen-bond donors (Lipinski definition) is 0. The summed E-state index contributed by atoms with van der Waals surface area (Å²) in [6, 6.07) is 16.2. The summed E-state index contributed by atoms with van der Waals surface area (Å²) in [4.78, 5) is 2.19. The van der Waals surface area contributed by atoms with Crippen molar-refractivity contribution in [2.45, 2.75) is 25.0 Å². The normalized spacial score (nSPS) is 18.1. The number of benzene rings is 2. The second-order valence-electron chi connectivity index (χ2n) is 6.73. The first-order valence-corrected chi connectivity index (χ1v) is 8.56. The summed E-state index contributed by atoms with van der Waals surface area (Å²) in [5, 5.41) is 9.17. The number of ether oxygens (including phenoxy) is 2. The van der Waals surface area contributed by atoms with E-state index in [-0.39, 0.29) is 12.4 Å². The molecule has 0 N–H and O–H groups in total. The van der Waals surface area contributed by atoms with Crippen molar-refractivity contribution in [2.75, 3.05) is 27.7 Å². The van der Waals surface area contributed by atoms with Crippen LogP contribution in [0.1, 0.15) is 35.1 Å². The van der Waals surface area contributed by atoms with Gasteiger partial charge in [0.05, 0.1) is 25.3 Å². The number of halogens is 1. The maximum atomic E-state index is 9.17. The number of fused-ring (bicyclic) bond motifs is 1. The van der Waals surface area contributed by atoms with E-state index in [1.165, 1.54) is 5.56 Å². The molecule has 1 unspecified atom stereocenters. The van der Waals surface area contributed by atoms with Crippen LogP contribution >= 0.6 is 12.4 Å². The van der Waals surface area contributed by atoms with E-state index in [0.29, 0.717) is 12.2 Å². The van der Waals surface area contributed by atoms with Crippen molar-refractivity contribution in [3.63, 3.8) is 0 Å². The molecule has 0 amide bonds. The van der Waals surface area contributed by atoms with E-state index in [9.17, 15) is 0 Å². The Kier molecular flexibility index (Phi) is 6.66. The van der Waals surface area contributed by atoms with Gasteiger partial charge in [0.1, 0.15) is 11.4 Å². The van der Waals surface area contributed by atoms with Gasteiger partial charge < -0.3 is 14.4 Å². The molecular weight excluding hydrogens is 348 g/mol. The molecule has 0 aromatic heterocycles. The molecule has 1 aliphatic heterocycles. The van der Waals surface area contributed by atoms with E-state index in [1.807, 2.05) is 24.3 Å². The molecule has 0 radical (unpaired) electrons. The van der Waals surface area contributed by atoms with Crippen LogP contribution in [-0.2, 0) is 16.9 Å². The molecule has 5 heteroatoms. The van der Waals surface area contributed by atoms with Gasteiger partial charge in [0.25, 0.3) is 0 Å². The Morgan fingerprint density at radius 1 is 1.19 bits per heavy atom. The number of nitrogens with zero attached hydrogens (tertiary/aromatic N) is 2. The Labute approximate surface area is 161 Å². The van der Waals surface area contributed by atoms with Crippen LogP contribution < -0.4 is 4.74 Å². The standard InChI is InChI=1S/C21H24N2O2.ClH/c1-23(2)12-4-11-21(18-6-8-19(24-3)9-7-18)20-10-5-16(14-22)13-17(20)15-25-21;/h5-10,13H,4,11-12,15H2,1-3H3;1H. The zero-order valence-electron chi connectivity index (χ0n) is 15.5. The third-order valence-corrected chi connectivity index (χ3v) is 4.83. The van der Waals surface area contributed by atoms with E-state index >= 15 is 0 Å². The lowest BCUT2D eigenvalue weighted by Crippen LogP contribution is -2.28. The Bertz CT molecular complexity index is 784. The third kappa shape index (κ3) is 3.86. The fourth-order valence-corrected chi connectivity index (χ4v) is 3.55. The van der Waals surface area contributed by atoms with Gasteiger partial charge in [-0.1, -0.05) is 18.2 Å². The molecule has 0 bridgehead atoms. The van der Waals surface area contributed by atoms with E-state index in [0.717, 1.165) is 36.3 Å². The molecule has 0 aliphatic carbocycles. The van der Waals surface area contributed by atoms with Crippen molar-refractivity contribution in [1.82, 2.24) is 4.90 Å². The van der Waals surface area contributed by atoms with Gasteiger partial charge in [-0.3, -0.25) is 0 Å². The highest BCUT2D eigenvalue weighted by atomic mass is 35.5. The van der Waals surface area contributed by atoms with Crippen LogP contribution in [0.3, 0.4) is 0 Å². The lowest BCUT2D eigenvalue weighted by molar-refractivity contribution is -0.0139. The quantitative estimate of drug-likeness (QED) is 0.765. The van der Waals surface area contributed by atoms with Gasteiger partial charge in [-0.25, -0.2) is 0 Å². The van der Waals surface area contributed by atoms with E-state index in [1.54, 1.807) is 7.11 Å². The minimum atomic E-state index is -0.453. The van der Waals surface area contributed by atoms with Crippen molar-refractivity contribution in [3.05, 3.63) is 64.7 Å². The summed E-state index contributed by atoms with van der Waals surface area (Å²) in [6.45, 7) is 1.55. The minimum absolute atomic E-state index is 0. The molecule has 1 atom stereocenters. The molecule has 3 rings (SSSR count). The average molecular weight is 373 g/mol. The third-order valence-electron chi connectivity index (χ3n) is 4.83.